The van der Waals surface area contributed by atoms with Crippen LogP contribution in [0.3, 0.4) is 0 Å². The molecule has 11 heteroatoms. The third-order valence-corrected chi connectivity index (χ3v) is 6.92. The van der Waals surface area contributed by atoms with Crippen LogP contribution in [0.1, 0.15) is 38.2 Å². The summed E-state index contributed by atoms with van der Waals surface area (Å²) in [5.41, 5.74) is 1.08. The van der Waals surface area contributed by atoms with Crippen molar-refractivity contribution in [3.8, 4) is 11.5 Å². The van der Waals surface area contributed by atoms with E-state index in [0.29, 0.717) is 60.3 Å². The highest BCUT2D eigenvalue weighted by Crippen LogP contribution is 2.34. The van der Waals surface area contributed by atoms with Crippen molar-refractivity contribution in [2.75, 3.05) is 45.3 Å². The van der Waals surface area contributed by atoms with Crippen molar-refractivity contribution in [1.82, 2.24) is 30.1 Å². The molecule has 38 heavy (non-hydrogen) atoms. The second-order valence-corrected chi connectivity index (χ2v) is 10.3. The normalized spacial score (nSPS) is 15.6. The van der Waals surface area contributed by atoms with Crippen LogP contribution in [0, 0.1) is 5.82 Å². The quantitative estimate of drug-likeness (QED) is 0.412. The summed E-state index contributed by atoms with van der Waals surface area (Å²) in [6.45, 7) is 8.39. The SMILES string of the molecule is COc1cc2cc(C(c3nnnn3C(C)(C)C)N3CCN(c4ccccc4F)CC3)c(=O)[nH]c2cc1OC. The lowest BCUT2D eigenvalue weighted by Gasteiger charge is -2.40. The molecule has 0 spiro atoms. The van der Waals surface area contributed by atoms with E-state index in [1.807, 2.05) is 43.9 Å². The van der Waals surface area contributed by atoms with Crippen LogP contribution in [0.5, 0.6) is 11.5 Å². The summed E-state index contributed by atoms with van der Waals surface area (Å²) in [4.78, 5) is 20.8. The Bertz CT molecular complexity index is 1500. The molecule has 4 aromatic rings. The number of rotatable bonds is 6. The Kier molecular flexibility index (Phi) is 6.78. The summed E-state index contributed by atoms with van der Waals surface area (Å²) < 4.78 is 27.1. The molecule has 0 amide bonds. The van der Waals surface area contributed by atoms with Gasteiger partial charge >= 0.3 is 0 Å². The summed E-state index contributed by atoms with van der Waals surface area (Å²) in [6.07, 6.45) is 0. The van der Waals surface area contributed by atoms with Gasteiger partial charge in [-0.15, -0.1) is 5.10 Å². The van der Waals surface area contributed by atoms with E-state index in [1.54, 1.807) is 37.1 Å². The van der Waals surface area contributed by atoms with Gasteiger partial charge in [0.2, 0.25) is 0 Å². The standard InChI is InChI=1S/C27H32FN7O3/c1-27(2,3)35-25(30-31-32-35)24(34-12-10-33(11-13-34)21-9-7-6-8-19(21)28)18-14-17-15-22(37-4)23(38-5)16-20(17)29-26(18)36/h6-9,14-16,24H,10-13H2,1-5H3,(H,29,36). The number of nitrogens with zero attached hydrogens (tertiary/aromatic N) is 6. The fourth-order valence-electron chi connectivity index (χ4n) is 5.02. The van der Waals surface area contributed by atoms with Crippen LogP contribution in [0.4, 0.5) is 10.1 Å². The molecule has 0 bridgehead atoms. The summed E-state index contributed by atoms with van der Waals surface area (Å²) >= 11 is 0. The van der Waals surface area contributed by atoms with Crippen LogP contribution < -0.4 is 19.9 Å². The average Bonchev–Trinajstić information content (AvgIpc) is 3.39. The number of aromatic nitrogens is 5. The van der Waals surface area contributed by atoms with E-state index in [0.717, 1.165) is 5.39 Å². The number of methoxy groups -OCH3 is 2. The van der Waals surface area contributed by atoms with Gasteiger partial charge in [-0.1, -0.05) is 12.1 Å². The van der Waals surface area contributed by atoms with E-state index < -0.39 is 11.6 Å². The van der Waals surface area contributed by atoms with Crippen molar-refractivity contribution in [1.29, 1.82) is 0 Å². The van der Waals surface area contributed by atoms with Gasteiger partial charge in [-0.2, -0.15) is 0 Å². The molecule has 2 aromatic carbocycles. The van der Waals surface area contributed by atoms with Crippen LogP contribution in [0.15, 0.2) is 47.3 Å². The molecule has 1 N–H and O–H groups in total. The van der Waals surface area contributed by atoms with Gasteiger partial charge in [0.1, 0.15) is 11.9 Å². The van der Waals surface area contributed by atoms with Gasteiger partial charge in [0.25, 0.3) is 5.56 Å². The first kappa shape index (κ1) is 25.7. The maximum Gasteiger partial charge on any atom is 0.253 e. The number of tetrazole rings is 1. The number of ether oxygens (including phenoxy) is 2. The van der Waals surface area contributed by atoms with E-state index in [1.165, 1.54) is 6.07 Å². The Hall–Kier alpha value is -3.99. The largest absolute Gasteiger partial charge is 0.493 e. The molecule has 0 saturated carbocycles. The third-order valence-electron chi connectivity index (χ3n) is 6.92. The predicted molar refractivity (Wildman–Crippen MR) is 143 cm³/mol. The molecule has 1 aliphatic heterocycles. The number of aromatic amines is 1. The van der Waals surface area contributed by atoms with Gasteiger partial charge in [0.05, 0.1) is 31.0 Å². The molecule has 0 radical (unpaired) electrons. The van der Waals surface area contributed by atoms with Crippen LogP contribution in [0.2, 0.25) is 0 Å². The first-order valence-electron chi connectivity index (χ1n) is 12.5. The number of halogens is 1. The van der Waals surface area contributed by atoms with E-state index in [9.17, 15) is 9.18 Å². The van der Waals surface area contributed by atoms with Gasteiger partial charge in [0.15, 0.2) is 17.3 Å². The topological polar surface area (TPSA) is 101 Å². The lowest BCUT2D eigenvalue weighted by Crippen LogP contribution is -2.49. The van der Waals surface area contributed by atoms with Gasteiger partial charge < -0.3 is 19.4 Å². The molecule has 200 valence electrons. The monoisotopic (exact) mass is 521 g/mol. The predicted octanol–water partition coefficient (Wildman–Crippen LogP) is 3.34. The van der Waals surface area contributed by atoms with Crippen molar-refractivity contribution < 1.29 is 13.9 Å². The van der Waals surface area contributed by atoms with Gasteiger partial charge in [-0.3, -0.25) is 9.69 Å². The summed E-state index contributed by atoms with van der Waals surface area (Å²) in [6, 6.07) is 11.7. The number of H-pyrrole nitrogens is 1. The zero-order chi connectivity index (χ0) is 27.0. The Morgan fingerprint density at radius 3 is 2.34 bits per heavy atom. The molecule has 1 atom stereocenters. The molecule has 10 nitrogen and oxygen atoms in total. The first-order chi connectivity index (χ1) is 18.2. The molecule has 1 fully saturated rings. The Balaban J connectivity index is 1.59. The number of benzene rings is 2. The Morgan fingerprint density at radius 1 is 1.00 bits per heavy atom. The molecule has 1 saturated heterocycles. The minimum Gasteiger partial charge on any atom is -0.493 e. The molecular formula is C27H32FN7O3. The van der Waals surface area contributed by atoms with Crippen molar-refractivity contribution in [3.05, 3.63) is 70.0 Å². The Morgan fingerprint density at radius 2 is 1.68 bits per heavy atom. The van der Waals surface area contributed by atoms with E-state index in [-0.39, 0.29) is 11.4 Å². The second-order valence-electron chi connectivity index (χ2n) is 10.3. The first-order valence-corrected chi connectivity index (χ1v) is 12.5. The van der Waals surface area contributed by atoms with Crippen LogP contribution >= 0.6 is 0 Å². The van der Waals surface area contributed by atoms with Gasteiger partial charge in [-0.25, -0.2) is 9.07 Å². The number of para-hydroxylation sites is 1. The van der Waals surface area contributed by atoms with Crippen molar-refractivity contribution in [3.63, 3.8) is 0 Å². The number of piperazine rings is 1. The van der Waals surface area contributed by atoms with Crippen molar-refractivity contribution >= 4 is 16.6 Å². The highest BCUT2D eigenvalue weighted by atomic mass is 19.1. The molecule has 5 rings (SSSR count). The van der Waals surface area contributed by atoms with E-state index in [2.05, 4.69) is 25.4 Å². The highest BCUT2D eigenvalue weighted by molar-refractivity contribution is 5.83. The summed E-state index contributed by atoms with van der Waals surface area (Å²) in [5.74, 6) is 1.42. The molecule has 1 aliphatic rings. The number of pyridine rings is 1. The Labute approximate surface area is 220 Å². The summed E-state index contributed by atoms with van der Waals surface area (Å²) in [7, 11) is 3.13. The minimum absolute atomic E-state index is 0.241. The number of nitrogens with one attached hydrogen (secondary N) is 1. The maximum atomic E-state index is 14.5. The fourth-order valence-corrected chi connectivity index (χ4v) is 5.02. The number of hydrogen-bond acceptors (Lipinski definition) is 8. The third kappa shape index (κ3) is 4.69. The number of hydrogen-bond donors (Lipinski definition) is 1. The molecular weight excluding hydrogens is 489 g/mol. The molecule has 2 aromatic heterocycles. The van der Waals surface area contributed by atoms with Crippen LogP contribution in [0.25, 0.3) is 10.9 Å². The summed E-state index contributed by atoms with van der Waals surface area (Å²) in [5, 5.41) is 13.4. The van der Waals surface area contributed by atoms with Crippen molar-refractivity contribution in [2.45, 2.75) is 32.4 Å². The maximum absolute atomic E-state index is 14.5. The fraction of sp³-hybridized carbons (Fsp3) is 0.407. The lowest BCUT2D eigenvalue weighted by atomic mass is 10.0. The second kappa shape index (κ2) is 10.1. The van der Waals surface area contributed by atoms with Crippen LogP contribution in [-0.4, -0.2) is 70.5 Å². The number of anilines is 1. The highest BCUT2D eigenvalue weighted by Gasteiger charge is 2.35. The van der Waals surface area contributed by atoms with Crippen LogP contribution in [-0.2, 0) is 5.54 Å². The zero-order valence-corrected chi connectivity index (χ0v) is 22.2. The van der Waals surface area contributed by atoms with Crippen molar-refractivity contribution in [2.24, 2.45) is 0 Å². The average molecular weight is 522 g/mol. The van der Waals surface area contributed by atoms with Gasteiger partial charge in [0, 0.05) is 43.2 Å². The molecule has 3 heterocycles. The minimum atomic E-state index is -0.520. The van der Waals surface area contributed by atoms with Gasteiger partial charge in [-0.05, 0) is 55.5 Å². The molecule has 1 unspecified atom stereocenters. The number of fused-ring (bicyclic) bond motifs is 1. The molecule has 0 aliphatic carbocycles. The zero-order valence-electron chi connectivity index (χ0n) is 22.2. The van der Waals surface area contributed by atoms with E-state index >= 15 is 0 Å². The van der Waals surface area contributed by atoms with E-state index in [4.69, 9.17) is 9.47 Å². The lowest BCUT2D eigenvalue weighted by molar-refractivity contribution is 0.190. The smallest absolute Gasteiger partial charge is 0.253 e.